The van der Waals surface area contributed by atoms with Crippen LogP contribution in [0.4, 0.5) is 11.6 Å². The summed E-state index contributed by atoms with van der Waals surface area (Å²) >= 11 is 1.19. The van der Waals surface area contributed by atoms with E-state index in [2.05, 4.69) is 4.98 Å². The monoisotopic (exact) mass is 482 g/mol. The maximum atomic E-state index is 13.4. The van der Waals surface area contributed by atoms with Crippen LogP contribution in [0.25, 0.3) is 11.0 Å². The number of sulfonamides is 1. The lowest BCUT2D eigenvalue weighted by Crippen LogP contribution is -2.36. The number of thiophene rings is 1. The molecule has 0 aliphatic carbocycles. The molecule has 0 N–H and O–H groups in total. The topological polar surface area (TPSA) is 84.9 Å². The van der Waals surface area contributed by atoms with Crippen molar-refractivity contribution in [3.63, 3.8) is 0 Å². The Labute approximate surface area is 196 Å². The fourth-order valence-electron chi connectivity index (χ4n) is 3.84. The molecule has 0 atom stereocenters. The lowest BCUT2D eigenvalue weighted by Gasteiger charge is -2.20. The van der Waals surface area contributed by atoms with Crippen molar-refractivity contribution in [1.82, 2.24) is 9.97 Å². The molecule has 0 radical (unpaired) electrons. The minimum atomic E-state index is -3.74. The summed E-state index contributed by atoms with van der Waals surface area (Å²) in [6.45, 7) is 0.713. The smallest absolute Gasteiger partial charge is 0.276 e. The van der Waals surface area contributed by atoms with Crippen LogP contribution in [0.3, 0.4) is 0 Å². The van der Waals surface area contributed by atoms with Crippen LogP contribution >= 0.6 is 11.3 Å². The number of ether oxygens (including phenoxy) is 2. The molecule has 170 valence electrons. The van der Waals surface area contributed by atoms with Gasteiger partial charge in [0, 0.05) is 6.54 Å². The van der Waals surface area contributed by atoms with Crippen molar-refractivity contribution in [2.75, 3.05) is 36.6 Å². The zero-order valence-corrected chi connectivity index (χ0v) is 19.8. The molecule has 0 spiro atoms. The fraction of sp³-hybridized carbons (Fsp3) is 0.217. The zero-order chi connectivity index (χ0) is 23.0. The molecule has 0 fully saturated rings. The van der Waals surface area contributed by atoms with Gasteiger partial charge in [-0.15, -0.1) is 11.3 Å². The summed E-state index contributed by atoms with van der Waals surface area (Å²) in [5.41, 5.74) is 2.43. The lowest BCUT2D eigenvalue weighted by atomic mass is 10.1. The average molecular weight is 483 g/mol. The maximum Gasteiger partial charge on any atom is 0.276 e. The molecule has 0 saturated carbocycles. The summed E-state index contributed by atoms with van der Waals surface area (Å²) in [4.78, 5) is 11.4. The molecule has 10 heteroatoms. The van der Waals surface area contributed by atoms with Crippen LogP contribution in [0.15, 0.2) is 64.2 Å². The summed E-state index contributed by atoms with van der Waals surface area (Å²) in [5, 5.41) is 1.75. The van der Waals surface area contributed by atoms with E-state index in [1.807, 2.05) is 47.4 Å². The maximum absolute atomic E-state index is 13.4. The minimum absolute atomic E-state index is 0.152. The second-order valence-electron chi connectivity index (χ2n) is 7.49. The number of hydrogen-bond acceptors (Lipinski definition) is 8. The number of rotatable bonds is 7. The molecule has 0 amide bonds. The number of nitrogens with zero attached hydrogens (tertiary/aromatic N) is 4. The third kappa shape index (κ3) is 3.85. The number of para-hydroxylation sites is 2. The molecule has 0 bridgehead atoms. The summed E-state index contributed by atoms with van der Waals surface area (Å²) in [6, 6.07) is 16.6. The van der Waals surface area contributed by atoms with Crippen molar-refractivity contribution < 1.29 is 17.9 Å². The van der Waals surface area contributed by atoms with Crippen molar-refractivity contribution >= 4 is 44.0 Å². The first-order chi connectivity index (χ1) is 16.0. The number of benzene rings is 2. The van der Waals surface area contributed by atoms with E-state index in [1.165, 1.54) is 15.6 Å². The van der Waals surface area contributed by atoms with Gasteiger partial charge in [-0.25, -0.2) is 22.7 Å². The summed E-state index contributed by atoms with van der Waals surface area (Å²) in [7, 11) is -0.537. The van der Waals surface area contributed by atoms with E-state index in [-0.39, 0.29) is 10.9 Å². The van der Waals surface area contributed by atoms with E-state index in [4.69, 9.17) is 14.5 Å². The molecule has 2 aromatic carbocycles. The molecule has 8 nitrogen and oxygen atoms in total. The second-order valence-corrected chi connectivity index (χ2v) is 10.5. The van der Waals surface area contributed by atoms with Gasteiger partial charge in [-0.2, -0.15) is 0 Å². The third-order valence-electron chi connectivity index (χ3n) is 5.53. The minimum Gasteiger partial charge on any atom is -0.493 e. The van der Waals surface area contributed by atoms with E-state index < -0.39 is 10.0 Å². The van der Waals surface area contributed by atoms with Gasteiger partial charge in [0.1, 0.15) is 10.9 Å². The Morgan fingerprint density at radius 1 is 0.939 bits per heavy atom. The summed E-state index contributed by atoms with van der Waals surface area (Å²) in [6.07, 6.45) is 0.668. The Hall–Kier alpha value is -3.37. The highest BCUT2D eigenvalue weighted by Crippen LogP contribution is 2.38. The van der Waals surface area contributed by atoms with Crippen molar-refractivity contribution in [2.24, 2.45) is 0 Å². The van der Waals surface area contributed by atoms with E-state index in [0.29, 0.717) is 41.6 Å². The molecule has 1 aliphatic rings. The molecule has 1 aliphatic heterocycles. The predicted octanol–water partition coefficient (Wildman–Crippen LogP) is 3.92. The first-order valence-corrected chi connectivity index (χ1v) is 12.6. The van der Waals surface area contributed by atoms with E-state index in [9.17, 15) is 8.42 Å². The van der Waals surface area contributed by atoms with Crippen LogP contribution in [-0.2, 0) is 16.4 Å². The highest BCUT2D eigenvalue weighted by Gasteiger charge is 2.38. The Morgan fingerprint density at radius 2 is 1.67 bits per heavy atom. The van der Waals surface area contributed by atoms with Crippen LogP contribution in [0.1, 0.15) is 5.56 Å². The van der Waals surface area contributed by atoms with Crippen molar-refractivity contribution in [1.29, 1.82) is 0 Å². The van der Waals surface area contributed by atoms with Gasteiger partial charge in [0.05, 0.1) is 25.3 Å². The van der Waals surface area contributed by atoms with Crippen molar-refractivity contribution in [3.05, 3.63) is 65.5 Å². The van der Waals surface area contributed by atoms with Gasteiger partial charge in [-0.05, 0) is 47.7 Å². The van der Waals surface area contributed by atoms with Crippen LogP contribution in [0.2, 0.25) is 0 Å². The first kappa shape index (κ1) is 21.5. The predicted molar refractivity (Wildman–Crippen MR) is 129 cm³/mol. The number of anilines is 2. The quantitative estimate of drug-likeness (QED) is 0.395. The number of aromatic nitrogens is 2. The van der Waals surface area contributed by atoms with Gasteiger partial charge >= 0.3 is 0 Å². The summed E-state index contributed by atoms with van der Waals surface area (Å²) in [5.74, 6) is 2.24. The van der Waals surface area contributed by atoms with Crippen molar-refractivity contribution in [2.45, 2.75) is 10.6 Å². The van der Waals surface area contributed by atoms with Gasteiger partial charge in [-0.3, -0.25) is 0 Å². The second kappa shape index (κ2) is 8.53. The molecule has 0 saturated heterocycles. The van der Waals surface area contributed by atoms with E-state index in [0.717, 1.165) is 11.1 Å². The molecule has 4 aromatic rings. The van der Waals surface area contributed by atoms with Gasteiger partial charge < -0.3 is 14.4 Å². The van der Waals surface area contributed by atoms with Gasteiger partial charge in [0.25, 0.3) is 10.0 Å². The average Bonchev–Trinajstić information content (AvgIpc) is 3.50. The molecule has 2 aromatic heterocycles. The number of hydrogen-bond donors (Lipinski definition) is 0. The molecule has 5 rings (SSSR count). The van der Waals surface area contributed by atoms with E-state index in [1.54, 1.807) is 31.7 Å². The molecule has 33 heavy (non-hydrogen) atoms. The Balaban J connectivity index is 1.50. The molecule has 0 unspecified atom stereocenters. The highest BCUT2D eigenvalue weighted by molar-refractivity contribution is 7.94. The number of methoxy groups -OCH3 is 2. The van der Waals surface area contributed by atoms with Crippen LogP contribution < -0.4 is 18.7 Å². The highest BCUT2D eigenvalue weighted by atomic mass is 32.2. The Kier molecular flexibility index (Phi) is 5.55. The van der Waals surface area contributed by atoms with Gasteiger partial charge in [0.15, 0.2) is 23.1 Å². The Morgan fingerprint density at radius 3 is 2.33 bits per heavy atom. The SMILES string of the molecule is COc1ccc(CCN2CN(S(=O)(=O)c3cccs3)c3nc4ccccc4nc32)cc1OC. The summed E-state index contributed by atoms with van der Waals surface area (Å²) < 4.78 is 39.1. The van der Waals surface area contributed by atoms with Crippen LogP contribution in [-0.4, -0.2) is 45.8 Å². The van der Waals surface area contributed by atoms with Gasteiger partial charge in [-0.1, -0.05) is 24.3 Å². The molecular weight excluding hydrogens is 460 g/mol. The first-order valence-electron chi connectivity index (χ1n) is 10.3. The largest absolute Gasteiger partial charge is 0.493 e. The molecular formula is C23H22N4O4S2. The lowest BCUT2D eigenvalue weighted by molar-refractivity contribution is 0.354. The van der Waals surface area contributed by atoms with Crippen LogP contribution in [0, 0.1) is 0 Å². The zero-order valence-electron chi connectivity index (χ0n) is 18.1. The normalized spacial score (nSPS) is 13.4. The standard InChI is InChI=1S/C23H22N4O4S2/c1-30-19-10-9-16(14-20(19)31-2)11-12-26-15-27(33(28,29)21-8-5-13-32-21)23-22(26)24-17-6-3-4-7-18(17)25-23/h3-10,13-14H,11-12,15H2,1-2H3. The third-order valence-corrected chi connectivity index (χ3v) is 8.62. The van der Waals surface area contributed by atoms with E-state index >= 15 is 0 Å². The van der Waals surface area contributed by atoms with Crippen molar-refractivity contribution in [3.8, 4) is 11.5 Å². The Bertz CT molecular complexity index is 1410. The van der Waals surface area contributed by atoms with Crippen LogP contribution in [0.5, 0.6) is 11.5 Å². The van der Waals surface area contributed by atoms with Gasteiger partial charge in [0.2, 0.25) is 0 Å². The fourth-order valence-corrected chi connectivity index (χ4v) is 6.32. The molecule has 3 heterocycles. The number of fused-ring (bicyclic) bond motifs is 2.